The van der Waals surface area contributed by atoms with Gasteiger partial charge in [0.2, 0.25) is 0 Å². The predicted molar refractivity (Wildman–Crippen MR) is 78.6 cm³/mol. The summed E-state index contributed by atoms with van der Waals surface area (Å²) in [5, 5.41) is 8.81. The molecule has 0 aromatic carbocycles. The van der Waals surface area contributed by atoms with Gasteiger partial charge in [-0.25, -0.2) is 0 Å². The van der Waals surface area contributed by atoms with Crippen molar-refractivity contribution in [3.8, 4) is 6.07 Å². The fourth-order valence-corrected chi connectivity index (χ4v) is 2.31. The van der Waals surface area contributed by atoms with Crippen LogP contribution in [0.25, 0.3) is 0 Å². The highest BCUT2D eigenvalue weighted by Gasteiger charge is 2.52. The van der Waals surface area contributed by atoms with Gasteiger partial charge in [0.05, 0.1) is 17.3 Å². The van der Waals surface area contributed by atoms with Crippen LogP contribution in [0.1, 0.15) is 45.4 Å². The molecular weight excluding hydrogens is 251 g/mol. The molecule has 0 spiro atoms. The molecule has 1 aromatic rings. The normalized spacial score (nSPS) is 19.9. The zero-order valence-corrected chi connectivity index (χ0v) is 12.9. The van der Waals surface area contributed by atoms with E-state index in [9.17, 15) is 0 Å². The summed E-state index contributed by atoms with van der Waals surface area (Å²) in [5.41, 5.74) is 2.27. The van der Waals surface area contributed by atoms with Crippen molar-refractivity contribution in [3.63, 3.8) is 0 Å². The number of nitriles is 1. The van der Waals surface area contributed by atoms with Gasteiger partial charge >= 0.3 is 7.12 Å². The van der Waals surface area contributed by atoms with Crippen LogP contribution in [0.2, 0.25) is 0 Å². The van der Waals surface area contributed by atoms with Crippen molar-refractivity contribution in [1.82, 2.24) is 4.98 Å². The van der Waals surface area contributed by atoms with E-state index in [0.717, 1.165) is 16.7 Å². The van der Waals surface area contributed by atoms with E-state index in [-0.39, 0.29) is 11.2 Å². The zero-order valence-electron chi connectivity index (χ0n) is 12.9. The van der Waals surface area contributed by atoms with Crippen LogP contribution in [-0.2, 0) is 15.7 Å². The average Bonchev–Trinajstić information content (AvgIpc) is 2.56. The van der Waals surface area contributed by atoms with Crippen molar-refractivity contribution < 1.29 is 9.31 Å². The SMILES string of the molecule is Cc1nccc(B2OC(C)(C)C(C)(C)O2)c1CCC#N. The predicted octanol–water partition coefficient (Wildman–Crippen LogP) is 2.15. The molecule has 0 atom stereocenters. The maximum Gasteiger partial charge on any atom is 0.495 e. The molecule has 1 saturated heterocycles. The van der Waals surface area contributed by atoms with Crippen molar-refractivity contribution >= 4 is 12.6 Å². The third-order valence-electron chi connectivity index (χ3n) is 4.30. The first kappa shape index (κ1) is 15.0. The molecule has 0 unspecified atom stereocenters. The highest BCUT2D eigenvalue weighted by atomic mass is 16.7. The third kappa shape index (κ3) is 2.58. The number of hydrogen-bond acceptors (Lipinski definition) is 4. The van der Waals surface area contributed by atoms with Crippen molar-refractivity contribution in [1.29, 1.82) is 5.26 Å². The molecule has 2 rings (SSSR count). The Bertz CT molecular complexity index is 533. The van der Waals surface area contributed by atoms with Crippen LogP contribution in [0.4, 0.5) is 0 Å². The number of hydrogen-bond donors (Lipinski definition) is 0. The lowest BCUT2D eigenvalue weighted by Gasteiger charge is -2.32. The molecule has 0 aliphatic carbocycles. The van der Waals surface area contributed by atoms with Crippen LogP contribution in [0.15, 0.2) is 12.3 Å². The molecule has 0 N–H and O–H groups in total. The highest BCUT2D eigenvalue weighted by Crippen LogP contribution is 2.36. The second-order valence-electron chi connectivity index (χ2n) is 6.21. The van der Waals surface area contributed by atoms with Gasteiger partial charge in [0.25, 0.3) is 0 Å². The summed E-state index contributed by atoms with van der Waals surface area (Å²) in [4.78, 5) is 4.32. The first-order valence-electron chi connectivity index (χ1n) is 6.95. The van der Waals surface area contributed by atoms with Gasteiger partial charge in [0.1, 0.15) is 0 Å². The first-order valence-corrected chi connectivity index (χ1v) is 6.95. The molecule has 0 saturated carbocycles. The van der Waals surface area contributed by atoms with E-state index in [1.807, 2.05) is 40.7 Å². The topological polar surface area (TPSA) is 55.1 Å². The van der Waals surface area contributed by atoms with Gasteiger partial charge in [-0.15, -0.1) is 0 Å². The number of pyridine rings is 1. The minimum absolute atomic E-state index is 0.360. The van der Waals surface area contributed by atoms with E-state index < -0.39 is 7.12 Å². The summed E-state index contributed by atoms with van der Waals surface area (Å²) in [7, 11) is -0.393. The molecule has 1 aliphatic rings. The van der Waals surface area contributed by atoms with Crippen LogP contribution in [0.5, 0.6) is 0 Å². The largest absolute Gasteiger partial charge is 0.495 e. The standard InChI is InChI=1S/C15H21BN2O2/c1-11-12(7-6-9-17)13(8-10-18-11)16-19-14(2,3)15(4,5)20-16/h8,10H,6-7H2,1-5H3. The quantitative estimate of drug-likeness (QED) is 0.791. The molecule has 1 aliphatic heterocycles. The summed E-state index contributed by atoms with van der Waals surface area (Å²) >= 11 is 0. The van der Waals surface area contributed by atoms with E-state index in [4.69, 9.17) is 14.6 Å². The Balaban J connectivity index is 2.35. The Labute approximate surface area is 121 Å². The monoisotopic (exact) mass is 272 g/mol. The summed E-state index contributed by atoms with van der Waals surface area (Å²) in [6.07, 6.45) is 2.92. The van der Waals surface area contributed by atoms with Crippen molar-refractivity contribution in [2.75, 3.05) is 0 Å². The van der Waals surface area contributed by atoms with E-state index in [1.54, 1.807) is 6.20 Å². The second-order valence-corrected chi connectivity index (χ2v) is 6.21. The van der Waals surface area contributed by atoms with E-state index in [1.165, 1.54) is 0 Å². The molecule has 4 nitrogen and oxygen atoms in total. The van der Waals surface area contributed by atoms with Gasteiger partial charge in [0, 0.05) is 18.3 Å². The molecule has 106 valence electrons. The van der Waals surface area contributed by atoms with Crippen molar-refractivity contribution in [2.24, 2.45) is 0 Å². The van der Waals surface area contributed by atoms with Crippen molar-refractivity contribution in [3.05, 3.63) is 23.5 Å². The lowest BCUT2D eigenvalue weighted by Crippen LogP contribution is -2.41. The van der Waals surface area contributed by atoms with Crippen LogP contribution in [0, 0.1) is 18.3 Å². The fourth-order valence-electron chi connectivity index (χ4n) is 2.31. The van der Waals surface area contributed by atoms with E-state index >= 15 is 0 Å². The first-order chi connectivity index (χ1) is 9.28. The van der Waals surface area contributed by atoms with Gasteiger partial charge < -0.3 is 9.31 Å². The Morgan fingerprint density at radius 2 is 1.85 bits per heavy atom. The van der Waals surface area contributed by atoms with E-state index in [2.05, 4.69) is 11.1 Å². The smallest absolute Gasteiger partial charge is 0.399 e. The molecule has 5 heteroatoms. The van der Waals surface area contributed by atoms with Crippen LogP contribution >= 0.6 is 0 Å². The van der Waals surface area contributed by atoms with Gasteiger partial charge in [-0.05, 0) is 58.1 Å². The maximum absolute atomic E-state index is 8.81. The maximum atomic E-state index is 8.81. The lowest BCUT2D eigenvalue weighted by atomic mass is 9.75. The number of nitrogens with zero attached hydrogens (tertiary/aromatic N) is 2. The van der Waals surface area contributed by atoms with Gasteiger partial charge in [-0.1, -0.05) is 0 Å². The summed E-state index contributed by atoms with van der Waals surface area (Å²) in [6, 6.07) is 4.12. The lowest BCUT2D eigenvalue weighted by molar-refractivity contribution is 0.00578. The van der Waals surface area contributed by atoms with E-state index in [0.29, 0.717) is 12.8 Å². The minimum atomic E-state index is -0.393. The third-order valence-corrected chi connectivity index (χ3v) is 4.30. The zero-order chi connectivity index (χ0) is 15.0. The average molecular weight is 272 g/mol. The van der Waals surface area contributed by atoms with Crippen LogP contribution in [-0.4, -0.2) is 23.3 Å². The number of aryl methyl sites for hydroxylation is 1. The number of rotatable bonds is 3. The Morgan fingerprint density at radius 3 is 2.40 bits per heavy atom. The highest BCUT2D eigenvalue weighted by molar-refractivity contribution is 6.62. The van der Waals surface area contributed by atoms with Gasteiger partial charge in [-0.2, -0.15) is 5.26 Å². The molecule has 1 aromatic heterocycles. The van der Waals surface area contributed by atoms with Crippen molar-refractivity contribution in [2.45, 2.75) is 58.7 Å². The Morgan fingerprint density at radius 1 is 1.25 bits per heavy atom. The minimum Gasteiger partial charge on any atom is -0.399 e. The molecule has 20 heavy (non-hydrogen) atoms. The Hall–Kier alpha value is -1.38. The molecular formula is C15H21BN2O2. The van der Waals surface area contributed by atoms with Gasteiger partial charge in [0.15, 0.2) is 0 Å². The molecule has 0 bridgehead atoms. The second kappa shape index (κ2) is 5.19. The molecule has 1 fully saturated rings. The summed E-state index contributed by atoms with van der Waals surface area (Å²) < 4.78 is 12.2. The fraction of sp³-hybridized carbons (Fsp3) is 0.600. The number of aromatic nitrogens is 1. The molecule has 0 radical (unpaired) electrons. The summed E-state index contributed by atoms with van der Waals surface area (Å²) in [5.74, 6) is 0. The Kier molecular flexibility index (Phi) is 3.90. The van der Waals surface area contributed by atoms with Crippen LogP contribution in [0.3, 0.4) is 0 Å². The van der Waals surface area contributed by atoms with Gasteiger partial charge in [-0.3, -0.25) is 4.98 Å². The molecule has 0 amide bonds. The summed E-state index contributed by atoms with van der Waals surface area (Å²) in [6.45, 7) is 10.1. The molecule has 2 heterocycles. The van der Waals surface area contributed by atoms with Crippen LogP contribution < -0.4 is 5.46 Å².